The van der Waals surface area contributed by atoms with Gasteiger partial charge >= 0.3 is 0 Å². The summed E-state index contributed by atoms with van der Waals surface area (Å²) in [6, 6.07) is 0.300. The fraction of sp³-hybridized carbons (Fsp3) is 1.00. The van der Waals surface area contributed by atoms with E-state index >= 15 is 0 Å². The number of rotatable bonds is 4. The van der Waals surface area contributed by atoms with Gasteiger partial charge in [-0.05, 0) is 5.92 Å². The molecule has 1 heterocycles. The quantitative estimate of drug-likeness (QED) is 0.625. The zero-order valence-corrected chi connectivity index (χ0v) is 8.69. The van der Waals surface area contributed by atoms with E-state index in [9.17, 15) is 0 Å². The Morgan fingerprint density at radius 1 is 1.38 bits per heavy atom. The Morgan fingerprint density at radius 2 is 2.00 bits per heavy atom. The summed E-state index contributed by atoms with van der Waals surface area (Å²) in [6.07, 6.45) is -0.127. The predicted octanol–water partition coefficient (Wildman–Crippen LogP) is -0.116. The van der Waals surface area contributed by atoms with Crippen LogP contribution in [0.15, 0.2) is 0 Å². The molecule has 0 bridgehead atoms. The van der Waals surface area contributed by atoms with E-state index in [1.165, 1.54) is 0 Å². The topological polar surface area (TPSA) is 47.7 Å². The Labute approximate surface area is 80.0 Å². The fourth-order valence-electron chi connectivity index (χ4n) is 1.70. The Kier molecular flexibility index (Phi) is 4.12. The molecule has 0 saturated carbocycles. The van der Waals surface area contributed by atoms with E-state index in [1.807, 2.05) is 0 Å². The number of hydrogen-bond donors (Lipinski definition) is 1. The molecule has 0 aromatic rings. The summed E-state index contributed by atoms with van der Waals surface area (Å²) < 4.78 is 10.3. The van der Waals surface area contributed by atoms with Crippen molar-refractivity contribution in [3.63, 3.8) is 0 Å². The third-order valence-corrected chi connectivity index (χ3v) is 2.68. The number of ether oxygens (including phenoxy) is 2. The predicted molar refractivity (Wildman–Crippen MR) is 51.4 cm³/mol. The Hall–Kier alpha value is -0.160. The molecule has 4 nitrogen and oxygen atoms in total. The van der Waals surface area contributed by atoms with Crippen LogP contribution in [0.3, 0.4) is 0 Å². The van der Waals surface area contributed by atoms with Crippen LogP contribution in [0.4, 0.5) is 0 Å². The first-order chi connectivity index (χ1) is 6.17. The van der Waals surface area contributed by atoms with Crippen molar-refractivity contribution >= 4 is 0 Å². The molecule has 0 aromatic carbocycles. The van der Waals surface area contributed by atoms with E-state index in [2.05, 4.69) is 11.8 Å². The minimum absolute atomic E-state index is 0.127. The molecular weight excluding hydrogens is 168 g/mol. The van der Waals surface area contributed by atoms with Gasteiger partial charge in [0.1, 0.15) is 0 Å². The molecule has 1 fully saturated rings. The van der Waals surface area contributed by atoms with E-state index in [4.69, 9.17) is 15.2 Å². The molecule has 1 rings (SSSR count). The molecule has 1 aliphatic rings. The summed E-state index contributed by atoms with van der Waals surface area (Å²) in [7, 11) is 3.32. The zero-order valence-electron chi connectivity index (χ0n) is 8.69. The highest BCUT2D eigenvalue weighted by atomic mass is 16.7. The van der Waals surface area contributed by atoms with Crippen LogP contribution in [0.5, 0.6) is 0 Å². The van der Waals surface area contributed by atoms with Crippen molar-refractivity contribution in [1.82, 2.24) is 4.90 Å². The molecule has 0 amide bonds. The Balaban J connectivity index is 2.30. The van der Waals surface area contributed by atoms with Gasteiger partial charge in [0.2, 0.25) is 0 Å². The second-order valence-electron chi connectivity index (χ2n) is 3.76. The van der Waals surface area contributed by atoms with Gasteiger partial charge in [-0.25, -0.2) is 0 Å². The van der Waals surface area contributed by atoms with Crippen LogP contribution in [-0.2, 0) is 9.47 Å². The fourth-order valence-corrected chi connectivity index (χ4v) is 1.70. The molecule has 0 radical (unpaired) electrons. The number of methoxy groups -OCH3 is 2. The molecule has 78 valence electrons. The van der Waals surface area contributed by atoms with Crippen LogP contribution in [0.1, 0.15) is 6.92 Å². The summed E-state index contributed by atoms with van der Waals surface area (Å²) in [4.78, 5) is 2.28. The highest BCUT2D eigenvalue weighted by molar-refractivity contribution is 4.84. The minimum atomic E-state index is -0.127. The lowest BCUT2D eigenvalue weighted by Crippen LogP contribution is -2.34. The van der Waals surface area contributed by atoms with Crippen LogP contribution >= 0.6 is 0 Å². The van der Waals surface area contributed by atoms with E-state index in [1.54, 1.807) is 14.2 Å². The van der Waals surface area contributed by atoms with E-state index in [0.29, 0.717) is 12.0 Å². The maximum absolute atomic E-state index is 5.90. The number of likely N-dealkylation sites (tertiary alicyclic amines) is 1. The number of hydrogen-bond acceptors (Lipinski definition) is 4. The van der Waals surface area contributed by atoms with E-state index in [-0.39, 0.29) is 6.29 Å². The molecule has 1 saturated heterocycles. The summed E-state index contributed by atoms with van der Waals surface area (Å²) >= 11 is 0. The molecular formula is C9H20N2O2. The van der Waals surface area contributed by atoms with Crippen LogP contribution in [0.25, 0.3) is 0 Å². The first-order valence-electron chi connectivity index (χ1n) is 4.71. The molecule has 2 atom stereocenters. The zero-order chi connectivity index (χ0) is 9.84. The van der Waals surface area contributed by atoms with Gasteiger partial charge in [-0.1, -0.05) is 6.92 Å². The molecule has 1 aliphatic heterocycles. The van der Waals surface area contributed by atoms with Gasteiger partial charge in [-0.15, -0.1) is 0 Å². The first kappa shape index (κ1) is 10.9. The van der Waals surface area contributed by atoms with Crippen molar-refractivity contribution < 1.29 is 9.47 Å². The Bertz CT molecular complexity index is 141. The third-order valence-electron chi connectivity index (χ3n) is 2.68. The Morgan fingerprint density at radius 3 is 2.38 bits per heavy atom. The SMILES string of the molecule is COC(CN1CC(C)C(N)C1)OC. The molecule has 4 heteroatoms. The van der Waals surface area contributed by atoms with Crippen LogP contribution in [0.2, 0.25) is 0 Å². The van der Waals surface area contributed by atoms with Gasteiger partial charge in [0, 0.05) is 39.9 Å². The van der Waals surface area contributed by atoms with Gasteiger partial charge < -0.3 is 15.2 Å². The lowest BCUT2D eigenvalue weighted by molar-refractivity contribution is -0.114. The first-order valence-corrected chi connectivity index (χ1v) is 4.71. The average molecular weight is 188 g/mol. The van der Waals surface area contributed by atoms with Crippen molar-refractivity contribution in [2.45, 2.75) is 19.3 Å². The van der Waals surface area contributed by atoms with Gasteiger partial charge in [0.25, 0.3) is 0 Å². The normalized spacial score (nSPS) is 30.2. The summed E-state index contributed by atoms with van der Waals surface area (Å²) in [5, 5.41) is 0. The summed E-state index contributed by atoms with van der Waals surface area (Å²) in [5.41, 5.74) is 5.90. The van der Waals surface area contributed by atoms with Gasteiger partial charge in [-0.3, -0.25) is 4.90 Å². The van der Waals surface area contributed by atoms with E-state index in [0.717, 1.165) is 19.6 Å². The second-order valence-corrected chi connectivity index (χ2v) is 3.76. The smallest absolute Gasteiger partial charge is 0.169 e. The molecule has 13 heavy (non-hydrogen) atoms. The van der Waals surface area contributed by atoms with Crippen molar-refractivity contribution in [1.29, 1.82) is 0 Å². The molecule has 0 aromatic heterocycles. The van der Waals surface area contributed by atoms with E-state index < -0.39 is 0 Å². The van der Waals surface area contributed by atoms with Gasteiger partial charge in [-0.2, -0.15) is 0 Å². The minimum Gasteiger partial charge on any atom is -0.355 e. The second kappa shape index (κ2) is 4.91. The lowest BCUT2D eigenvalue weighted by atomic mass is 10.1. The van der Waals surface area contributed by atoms with Crippen LogP contribution in [-0.4, -0.2) is 51.1 Å². The van der Waals surface area contributed by atoms with Gasteiger partial charge in [0.05, 0.1) is 0 Å². The monoisotopic (exact) mass is 188 g/mol. The standard InChI is InChI=1S/C9H20N2O2/c1-7-4-11(5-8(7)10)6-9(12-2)13-3/h7-9H,4-6,10H2,1-3H3. The molecule has 0 aliphatic carbocycles. The van der Waals surface area contributed by atoms with Crippen LogP contribution in [0, 0.1) is 5.92 Å². The van der Waals surface area contributed by atoms with Crippen LogP contribution < -0.4 is 5.73 Å². The number of nitrogens with zero attached hydrogens (tertiary/aromatic N) is 1. The average Bonchev–Trinajstić information content (AvgIpc) is 2.42. The van der Waals surface area contributed by atoms with Crippen molar-refractivity contribution in [3.05, 3.63) is 0 Å². The van der Waals surface area contributed by atoms with Gasteiger partial charge in [0.15, 0.2) is 6.29 Å². The summed E-state index contributed by atoms with van der Waals surface area (Å²) in [6.45, 7) is 4.99. The van der Waals surface area contributed by atoms with Crippen molar-refractivity contribution in [2.75, 3.05) is 33.9 Å². The number of nitrogens with two attached hydrogens (primary N) is 1. The molecule has 2 unspecified atom stereocenters. The molecule has 2 N–H and O–H groups in total. The largest absolute Gasteiger partial charge is 0.355 e. The lowest BCUT2D eigenvalue weighted by Gasteiger charge is -2.21. The van der Waals surface area contributed by atoms with Crippen molar-refractivity contribution in [3.8, 4) is 0 Å². The molecule has 0 spiro atoms. The maximum atomic E-state index is 5.90. The highest BCUT2D eigenvalue weighted by Gasteiger charge is 2.27. The van der Waals surface area contributed by atoms with Crippen molar-refractivity contribution in [2.24, 2.45) is 11.7 Å². The third kappa shape index (κ3) is 2.91. The maximum Gasteiger partial charge on any atom is 0.169 e. The summed E-state index contributed by atoms with van der Waals surface area (Å²) in [5.74, 6) is 0.578. The highest BCUT2D eigenvalue weighted by Crippen LogP contribution is 2.14.